The van der Waals surface area contributed by atoms with Crippen molar-refractivity contribution < 1.29 is 9.90 Å². The van der Waals surface area contributed by atoms with E-state index in [1.54, 1.807) is 22.9 Å². The molecule has 2 aromatic heterocycles. The molecular weight excluding hydrogens is 248 g/mol. The average Bonchev–Trinajstić information content (AvgIpc) is 2.39. The van der Waals surface area contributed by atoms with E-state index in [9.17, 15) is 14.4 Å². The number of hydrogen-bond donors (Lipinski definition) is 1. The van der Waals surface area contributed by atoms with Crippen molar-refractivity contribution in [1.82, 2.24) is 9.13 Å². The van der Waals surface area contributed by atoms with Crippen LogP contribution in [0.3, 0.4) is 0 Å². The third-order valence-corrected chi connectivity index (χ3v) is 2.71. The summed E-state index contributed by atoms with van der Waals surface area (Å²) in [5.41, 5.74) is -0.925. The third-order valence-electron chi connectivity index (χ3n) is 2.71. The minimum absolute atomic E-state index is 0.123. The normalized spacial score (nSPS) is 10.3. The lowest BCUT2D eigenvalue weighted by molar-refractivity contribution is 0.0694. The first kappa shape index (κ1) is 12.8. The second kappa shape index (κ2) is 5.34. The van der Waals surface area contributed by atoms with Crippen LogP contribution in [0.1, 0.15) is 10.4 Å². The molecule has 1 N–H and O–H groups in total. The van der Waals surface area contributed by atoms with Crippen LogP contribution in [0.2, 0.25) is 0 Å². The molecule has 0 radical (unpaired) electrons. The minimum Gasteiger partial charge on any atom is -0.477 e. The Morgan fingerprint density at radius 1 is 1.11 bits per heavy atom. The summed E-state index contributed by atoms with van der Waals surface area (Å²) in [7, 11) is 0. The second-order valence-electron chi connectivity index (χ2n) is 4.00. The Hall–Kier alpha value is -2.63. The van der Waals surface area contributed by atoms with E-state index < -0.39 is 11.4 Å². The number of rotatable bonds is 4. The Kier molecular flexibility index (Phi) is 3.61. The quantitative estimate of drug-likeness (QED) is 0.863. The zero-order valence-corrected chi connectivity index (χ0v) is 10.0. The summed E-state index contributed by atoms with van der Waals surface area (Å²) in [6.07, 6.45) is 4.43. The maximum absolute atomic E-state index is 11.5. The summed E-state index contributed by atoms with van der Waals surface area (Å²) in [5, 5.41) is 8.85. The van der Waals surface area contributed by atoms with Gasteiger partial charge in [-0.15, -0.1) is 0 Å². The van der Waals surface area contributed by atoms with Crippen LogP contribution < -0.4 is 11.0 Å². The zero-order valence-electron chi connectivity index (χ0n) is 10.0. The molecule has 0 aromatic carbocycles. The monoisotopic (exact) mass is 260 g/mol. The maximum atomic E-state index is 11.5. The Morgan fingerprint density at radius 2 is 1.89 bits per heavy atom. The largest absolute Gasteiger partial charge is 0.477 e. The van der Waals surface area contributed by atoms with Crippen LogP contribution in [0.15, 0.2) is 52.4 Å². The van der Waals surface area contributed by atoms with Gasteiger partial charge in [0.25, 0.3) is 5.56 Å². The Morgan fingerprint density at radius 3 is 2.58 bits per heavy atom. The van der Waals surface area contributed by atoms with Gasteiger partial charge in [0.05, 0.1) is 0 Å². The molecule has 0 saturated heterocycles. The molecule has 98 valence electrons. The smallest absolute Gasteiger partial charge is 0.341 e. The lowest BCUT2D eigenvalue weighted by Gasteiger charge is -2.08. The van der Waals surface area contributed by atoms with Crippen molar-refractivity contribution in [3.05, 3.63) is 69.0 Å². The third kappa shape index (κ3) is 2.98. The van der Waals surface area contributed by atoms with E-state index in [4.69, 9.17) is 5.11 Å². The molecule has 0 bridgehead atoms. The topological polar surface area (TPSA) is 81.3 Å². The first-order valence-electron chi connectivity index (χ1n) is 5.67. The fraction of sp³-hybridized carbons (Fsp3) is 0.154. The van der Waals surface area contributed by atoms with Crippen molar-refractivity contribution >= 4 is 5.97 Å². The van der Waals surface area contributed by atoms with Gasteiger partial charge in [0.2, 0.25) is 0 Å². The van der Waals surface area contributed by atoms with Gasteiger partial charge in [-0.2, -0.15) is 0 Å². The van der Waals surface area contributed by atoms with Crippen molar-refractivity contribution in [2.45, 2.75) is 13.1 Å². The molecule has 0 aliphatic rings. The highest BCUT2D eigenvalue weighted by Crippen LogP contribution is 1.94. The standard InChI is InChI=1S/C13H12N2O4/c16-11-4-6-14(9-10(11)13(18)19)7-8-15-5-2-1-3-12(15)17/h1-6,9H,7-8H2,(H,18,19). The summed E-state index contributed by atoms with van der Waals surface area (Å²) in [4.78, 5) is 33.6. The average molecular weight is 260 g/mol. The van der Waals surface area contributed by atoms with Crippen molar-refractivity contribution in [3.63, 3.8) is 0 Å². The van der Waals surface area contributed by atoms with Crippen LogP contribution in [0.25, 0.3) is 0 Å². The number of carboxylic acid groups (broad SMARTS) is 1. The fourth-order valence-corrected chi connectivity index (χ4v) is 1.69. The first-order valence-corrected chi connectivity index (χ1v) is 5.67. The van der Waals surface area contributed by atoms with E-state index in [2.05, 4.69) is 0 Å². The van der Waals surface area contributed by atoms with Gasteiger partial charge in [0.1, 0.15) is 5.56 Å². The summed E-state index contributed by atoms with van der Waals surface area (Å²) in [6.45, 7) is 0.812. The molecule has 0 saturated carbocycles. The van der Waals surface area contributed by atoms with Gasteiger partial charge in [-0.05, 0) is 6.07 Å². The van der Waals surface area contributed by atoms with E-state index in [-0.39, 0.29) is 11.1 Å². The molecule has 0 atom stereocenters. The lowest BCUT2D eigenvalue weighted by Crippen LogP contribution is -2.22. The number of aryl methyl sites for hydroxylation is 2. The summed E-state index contributed by atoms with van der Waals surface area (Å²) >= 11 is 0. The number of aromatic carboxylic acids is 1. The number of carboxylic acids is 1. The van der Waals surface area contributed by atoms with E-state index in [0.29, 0.717) is 13.1 Å². The van der Waals surface area contributed by atoms with Gasteiger partial charge in [-0.1, -0.05) is 6.07 Å². The molecule has 0 aliphatic carbocycles. The van der Waals surface area contributed by atoms with Crippen LogP contribution in [0.5, 0.6) is 0 Å². The molecule has 6 nitrogen and oxygen atoms in total. The predicted molar refractivity (Wildman–Crippen MR) is 68.4 cm³/mol. The minimum atomic E-state index is -1.25. The van der Waals surface area contributed by atoms with Crippen LogP contribution in [-0.4, -0.2) is 20.2 Å². The molecule has 0 fully saturated rings. The van der Waals surface area contributed by atoms with Gasteiger partial charge in [-0.25, -0.2) is 4.79 Å². The summed E-state index contributed by atoms with van der Waals surface area (Å²) in [5.74, 6) is -1.25. The first-order chi connectivity index (χ1) is 9.08. The number of aromatic nitrogens is 2. The van der Waals surface area contributed by atoms with Crippen molar-refractivity contribution in [3.8, 4) is 0 Å². The molecule has 19 heavy (non-hydrogen) atoms. The Balaban J connectivity index is 2.19. The van der Waals surface area contributed by atoms with Gasteiger partial charge in [-0.3, -0.25) is 9.59 Å². The zero-order chi connectivity index (χ0) is 13.8. The molecule has 2 heterocycles. The number of nitrogens with zero attached hydrogens (tertiary/aromatic N) is 2. The summed E-state index contributed by atoms with van der Waals surface area (Å²) < 4.78 is 3.09. The molecule has 0 aliphatic heterocycles. The predicted octanol–water partition coefficient (Wildman–Crippen LogP) is 0.408. The molecule has 2 rings (SSSR count). The van der Waals surface area contributed by atoms with Crippen molar-refractivity contribution in [1.29, 1.82) is 0 Å². The molecule has 6 heteroatoms. The number of pyridine rings is 2. The van der Waals surface area contributed by atoms with E-state index in [0.717, 1.165) is 0 Å². The molecule has 0 amide bonds. The van der Waals surface area contributed by atoms with Crippen molar-refractivity contribution in [2.75, 3.05) is 0 Å². The fourth-order valence-electron chi connectivity index (χ4n) is 1.69. The summed E-state index contributed by atoms with van der Waals surface area (Å²) in [6, 6.07) is 6.06. The van der Waals surface area contributed by atoms with Gasteiger partial charge in [0, 0.05) is 43.8 Å². The Bertz CT molecular complexity index is 715. The highest BCUT2D eigenvalue weighted by molar-refractivity contribution is 5.86. The number of hydrogen-bond acceptors (Lipinski definition) is 3. The SMILES string of the molecule is O=C(O)c1cn(CCn2ccccc2=O)ccc1=O. The lowest BCUT2D eigenvalue weighted by atomic mass is 10.3. The van der Waals surface area contributed by atoms with Gasteiger partial charge >= 0.3 is 5.97 Å². The number of carbonyl (C=O) groups is 1. The molecule has 0 unspecified atom stereocenters. The van der Waals surface area contributed by atoms with Crippen LogP contribution in [0.4, 0.5) is 0 Å². The maximum Gasteiger partial charge on any atom is 0.341 e. The van der Waals surface area contributed by atoms with Gasteiger partial charge in [0.15, 0.2) is 5.43 Å². The molecule has 0 spiro atoms. The highest BCUT2D eigenvalue weighted by atomic mass is 16.4. The molecule has 2 aromatic rings. The second-order valence-corrected chi connectivity index (χ2v) is 4.00. The highest BCUT2D eigenvalue weighted by Gasteiger charge is 2.08. The molecular formula is C13H12N2O4. The van der Waals surface area contributed by atoms with Crippen LogP contribution in [0, 0.1) is 0 Å². The van der Waals surface area contributed by atoms with Crippen molar-refractivity contribution in [2.24, 2.45) is 0 Å². The van der Waals surface area contributed by atoms with Gasteiger partial charge < -0.3 is 14.2 Å². The van der Waals surface area contributed by atoms with E-state index in [1.165, 1.54) is 29.1 Å². The van der Waals surface area contributed by atoms with Crippen LogP contribution >= 0.6 is 0 Å². The Labute approximate surface area is 108 Å². The van der Waals surface area contributed by atoms with Crippen LogP contribution in [-0.2, 0) is 13.1 Å². The van der Waals surface area contributed by atoms with E-state index >= 15 is 0 Å². The van der Waals surface area contributed by atoms with E-state index in [1.807, 2.05) is 0 Å².